The minimum absolute atomic E-state index is 0.148. The van der Waals surface area contributed by atoms with Crippen molar-refractivity contribution in [3.05, 3.63) is 59.9 Å². The average molecular weight is 353 g/mol. The molecule has 1 aromatic heterocycles. The van der Waals surface area contributed by atoms with Crippen LogP contribution in [0, 0.1) is 0 Å². The van der Waals surface area contributed by atoms with Gasteiger partial charge in [-0.3, -0.25) is 9.59 Å². The van der Waals surface area contributed by atoms with Crippen molar-refractivity contribution < 1.29 is 9.59 Å². The summed E-state index contributed by atoms with van der Waals surface area (Å²) in [5.74, 6) is 0.334. The van der Waals surface area contributed by atoms with Crippen LogP contribution in [0.2, 0.25) is 0 Å². The van der Waals surface area contributed by atoms with Crippen molar-refractivity contribution in [2.45, 2.75) is 25.7 Å². The van der Waals surface area contributed by atoms with Crippen LogP contribution in [0.1, 0.15) is 24.0 Å². The van der Waals surface area contributed by atoms with Crippen LogP contribution in [-0.4, -0.2) is 52.4 Å². The number of carbonyl (C=O) groups excluding carboxylic acids is 2. The van der Waals surface area contributed by atoms with Gasteiger partial charge in [-0.2, -0.15) is 0 Å². The number of nitrogens with zero attached hydrogens (tertiary/aromatic N) is 3. The Kier molecular flexibility index (Phi) is 6.10. The van der Waals surface area contributed by atoms with Crippen LogP contribution < -0.4 is 0 Å². The van der Waals surface area contributed by atoms with Crippen LogP contribution in [-0.2, 0) is 29.5 Å². The van der Waals surface area contributed by atoms with Crippen LogP contribution in [0.15, 0.2) is 48.8 Å². The average Bonchev–Trinajstić information content (AvgIpc) is 2.91. The predicted molar refractivity (Wildman–Crippen MR) is 102 cm³/mol. The molecule has 0 bridgehead atoms. The van der Waals surface area contributed by atoms with Gasteiger partial charge in [-0.05, 0) is 30.0 Å². The second-order valence-corrected chi connectivity index (χ2v) is 6.96. The fraction of sp³-hybridized carbons (Fsp3) is 0.429. The summed E-state index contributed by atoms with van der Waals surface area (Å²) < 4.78 is 1.96. The lowest BCUT2D eigenvalue weighted by atomic mass is 10.1. The van der Waals surface area contributed by atoms with Crippen LogP contribution in [0.3, 0.4) is 0 Å². The summed E-state index contributed by atoms with van der Waals surface area (Å²) in [6, 6.07) is 12.1. The van der Waals surface area contributed by atoms with E-state index in [-0.39, 0.29) is 11.8 Å². The molecule has 5 nitrogen and oxygen atoms in total. The number of carbonyl (C=O) groups is 2. The highest BCUT2D eigenvalue weighted by atomic mass is 16.2. The third kappa shape index (κ3) is 4.97. The van der Waals surface area contributed by atoms with Gasteiger partial charge >= 0.3 is 0 Å². The van der Waals surface area contributed by atoms with Crippen LogP contribution in [0.4, 0.5) is 0 Å². The van der Waals surface area contributed by atoms with E-state index >= 15 is 0 Å². The van der Waals surface area contributed by atoms with Gasteiger partial charge in [0.05, 0.1) is 6.42 Å². The van der Waals surface area contributed by atoms with Crippen LogP contribution in [0.5, 0.6) is 0 Å². The standard InChI is InChI=1S/C21H27N3O2/c1-22-13-10-19(17-22)16-21(26)24-12-5-11-23(14-15-24)20(25)9-8-18-6-3-2-4-7-18/h2-4,6-7,10,13,17H,5,8-9,11-12,14-16H2,1H3. The first kappa shape index (κ1) is 18.2. The first-order valence-electron chi connectivity index (χ1n) is 9.32. The lowest BCUT2D eigenvalue weighted by molar-refractivity contribution is -0.133. The topological polar surface area (TPSA) is 45.6 Å². The number of rotatable bonds is 5. The molecular weight excluding hydrogens is 326 g/mol. The lowest BCUT2D eigenvalue weighted by Crippen LogP contribution is -2.38. The highest BCUT2D eigenvalue weighted by Gasteiger charge is 2.22. The van der Waals surface area contributed by atoms with Crippen molar-refractivity contribution >= 4 is 11.8 Å². The molecule has 138 valence electrons. The number of aryl methyl sites for hydroxylation is 2. The van der Waals surface area contributed by atoms with E-state index < -0.39 is 0 Å². The van der Waals surface area contributed by atoms with Crippen molar-refractivity contribution in [3.8, 4) is 0 Å². The molecule has 0 N–H and O–H groups in total. The third-order valence-corrected chi connectivity index (χ3v) is 4.92. The largest absolute Gasteiger partial charge is 0.357 e. The Hall–Kier alpha value is -2.56. The number of hydrogen-bond acceptors (Lipinski definition) is 2. The Balaban J connectivity index is 1.47. The molecule has 2 amide bonds. The van der Waals surface area contributed by atoms with E-state index in [0.29, 0.717) is 25.9 Å². The molecule has 1 aliphatic heterocycles. The van der Waals surface area contributed by atoms with E-state index in [1.54, 1.807) is 0 Å². The van der Waals surface area contributed by atoms with Gasteiger partial charge in [0.1, 0.15) is 0 Å². The van der Waals surface area contributed by atoms with E-state index in [1.165, 1.54) is 5.56 Å². The summed E-state index contributed by atoms with van der Waals surface area (Å²) in [4.78, 5) is 28.9. The number of benzene rings is 1. The molecule has 5 heteroatoms. The maximum Gasteiger partial charge on any atom is 0.227 e. The highest BCUT2D eigenvalue weighted by molar-refractivity contribution is 5.79. The normalized spacial score (nSPS) is 15.0. The Bertz CT molecular complexity index is 739. The maximum absolute atomic E-state index is 12.5. The van der Waals surface area contributed by atoms with E-state index in [4.69, 9.17) is 0 Å². The number of amides is 2. The molecule has 1 saturated heterocycles. The summed E-state index contributed by atoms with van der Waals surface area (Å²) in [7, 11) is 1.96. The first-order chi connectivity index (χ1) is 12.6. The quantitative estimate of drug-likeness (QED) is 0.828. The van der Waals surface area contributed by atoms with Gasteiger partial charge in [0.15, 0.2) is 0 Å². The Morgan fingerprint density at radius 1 is 0.885 bits per heavy atom. The summed E-state index contributed by atoms with van der Waals surface area (Å²) in [6.07, 6.45) is 6.52. The van der Waals surface area contributed by atoms with Crippen molar-refractivity contribution in [3.63, 3.8) is 0 Å². The van der Waals surface area contributed by atoms with Crippen molar-refractivity contribution in [1.29, 1.82) is 0 Å². The molecule has 1 aliphatic rings. The molecule has 0 unspecified atom stereocenters. The molecular formula is C21H27N3O2. The van der Waals surface area contributed by atoms with Crippen molar-refractivity contribution in [2.24, 2.45) is 7.05 Å². The molecule has 0 radical (unpaired) electrons. The molecule has 1 aromatic carbocycles. The molecule has 26 heavy (non-hydrogen) atoms. The van der Waals surface area contributed by atoms with Gasteiger partial charge in [0.2, 0.25) is 11.8 Å². The monoisotopic (exact) mass is 353 g/mol. The van der Waals surface area contributed by atoms with Crippen LogP contribution in [0.25, 0.3) is 0 Å². The molecule has 3 rings (SSSR count). The van der Waals surface area contributed by atoms with E-state index in [0.717, 1.165) is 31.5 Å². The second-order valence-electron chi connectivity index (χ2n) is 6.96. The number of aromatic nitrogens is 1. The molecule has 0 saturated carbocycles. The molecule has 0 aliphatic carbocycles. The smallest absolute Gasteiger partial charge is 0.227 e. The zero-order chi connectivity index (χ0) is 18.4. The molecule has 0 atom stereocenters. The van der Waals surface area contributed by atoms with Gasteiger partial charge < -0.3 is 14.4 Å². The van der Waals surface area contributed by atoms with Crippen LogP contribution >= 0.6 is 0 Å². The summed E-state index contributed by atoms with van der Waals surface area (Å²) in [5.41, 5.74) is 2.23. The van der Waals surface area contributed by atoms with Gasteiger partial charge in [-0.1, -0.05) is 30.3 Å². The van der Waals surface area contributed by atoms with E-state index in [1.807, 2.05) is 58.1 Å². The number of hydrogen-bond donors (Lipinski definition) is 0. The Morgan fingerprint density at radius 2 is 1.58 bits per heavy atom. The Labute approximate surface area is 155 Å². The molecule has 2 heterocycles. The van der Waals surface area contributed by atoms with Gasteiger partial charge in [0, 0.05) is 52.0 Å². The SMILES string of the molecule is Cn1ccc(CC(=O)N2CCCN(C(=O)CCc3ccccc3)CC2)c1. The first-order valence-corrected chi connectivity index (χ1v) is 9.32. The third-order valence-electron chi connectivity index (χ3n) is 4.92. The van der Waals surface area contributed by atoms with Gasteiger partial charge in [-0.25, -0.2) is 0 Å². The fourth-order valence-corrected chi connectivity index (χ4v) is 3.42. The predicted octanol–water partition coefficient (Wildman–Crippen LogP) is 2.26. The van der Waals surface area contributed by atoms with E-state index in [9.17, 15) is 9.59 Å². The summed E-state index contributed by atoms with van der Waals surface area (Å²) in [5, 5.41) is 0. The minimum atomic E-state index is 0.148. The van der Waals surface area contributed by atoms with Gasteiger partial charge in [0.25, 0.3) is 0 Å². The van der Waals surface area contributed by atoms with Gasteiger partial charge in [-0.15, -0.1) is 0 Å². The van der Waals surface area contributed by atoms with Crippen molar-refractivity contribution in [1.82, 2.24) is 14.4 Å². The Morgan fingerprint density at radius 3 is 2.23 bits per heavy atom. The summed E-state index contributed by atoms with van der Waals surface area (Å²) in [6.45, 7) is 2.73. The lowest BCUT2D eigenvalue weighted by Gasteiger charge is -2.22. The molecule has 0 spiro atoms. The highest BCUT2D eigenvalue weighted by Crippen LogP contribution is 2.10. The van der Waals surface area contributed by atoms with E-state index in [2.05, 4.69) is 12.1 Å². The molecule has 2 aromatic rings. The zero-order valence-electron chi connectivity index (χ0n) is 15.4. The van der Waals surface area contributed by atoms with Crippen molar-refractivity contribution in [2.75, 3.05) is 26.2 Å². The minimum Gasteiger partial charge on any atom is -0.357 e. The second kappa shape index (κ2) is 8.70. The fourth-order valence-electron chi connectivity index (χ4n) is 3.42. The summed E-state index contributed by atoms with van der Waals surface area (Å²) >= 11 is 0. The maximum atomic E-state index is 12.5. The zero-order valence-corrected chi connectivity index (χ0v) is 15.4. The molecule has 1 fully saturated rings.